The number of esters is 1. The maximum Gasteiger partial charge on any atom is 0.348 e. The Labute approximate surface area is 220 Å². The first-order valence-corrected chi connectivity index (χ1v) is 12.4. The molecule has 5 aromatic rings. The molecule has 188 valence electrons. The van der Waals surface area contributed by atoms with Gasteiger partial charge in [-0.1, -0.05) is 66.2 Å². The van der Waals surface area contributed by atoms with Gasteiger partial charge in [0.15, 0.2) is 5.78 Å². The zero-order valence-corrected chi connectivity index (χ0v) is 21.1. The topological polar surface area (TPSA) is 65.7 Å². The third-order valence-electron chi connectivity index (χ3n) is 6.06. The molecule has 0 fully saturated rings. The van der Waals surface area contributed by atoms with Gasteiger partial charge in [0.05, 0.1) is 6.61 Å². The molecule has 0 saturated heterocycles. The minimum absolute atomic E-state index is 0.140. The number of hydrogen-bond donors (Lipinski definition) is 0. The fraction of sp³-hybridized carbons (Fsp3) is 0.0909. The molecule has 0 atom stereocenters. The standard InChI is InChI=1S/C33H26O5/c1-3-36-27-18-20-30-28(21-27)31(32(38-30)25-7-5-4-6-8-25)33(35)37-26-16-14-24(15-17-26)29(34)19-13-23-11-9-22(2)10-12-23/h4-21H,3H2,1-2H3. The molecule has 0 aliphatic carbocycles. The number of fused-ring (bicyclic) bond motifs is 1. The molecule has 0 saturated carbocycles. The van der Waals surface area contributed by atoms with E-state index in [4.69, 9.17) is 13.9 Å². The molecular formula is C33H26O5. The molecule has 0 N–H and O–H groups in total. The smallest absolute Gasteiger partial charge is 0.348 e. The average molecular weight is 503 g/mol. The van der Waals surface area contributed by atoms with Gasteiger partial charge in [0.25, 0.3) is 0 Å². The second-order valence-corrected chi connectivity index (χ2v) is 8.79. The van der Waals surface area contributed by atoms with Crippen LogP contribution in [0.15, 0.2) is 108 Å². The maximum atomic E-state index is 13.5. The Morgan fingerprint density at radius 3 is 2.26 bits per heavy atom. The summed E-state index contributed by atoms with van der Waals surface area (Å²) in [6.45, 7) is 4.42. The molecule has 1 heterocycles. The Balaban J connectivity index is 1.40. The highest BCUT2D eigenvalue weighted by atomic mass is 16.5. The van der Waals surface area contributed by atoms with Gasteiger partial charge in [-0.2, -0.15) is 0 Å². The molecule has 0 aliphatic rings. The van der Waals surface area contributed by atoms with Crippen molar-refractivity contribution in [2.45, 2.75) is 13.8 Å². The summed E-state index contributed by atoms with van der Waals surface area (Å²) in [4.78, 5) is 26.1. The lowest BCUT2D eigenvalue weighted by Gasteiger charge is -2.07. The van der Waals surface area contributed by atoms with Crippen LogP contribution in [0.5, 0.6) is 11.5 Å². The quantitative estimate of drug-likeness (QED) is 0.0933. The molecule has 1 aromatic heterocycles. The van der Waals surface area contributed by atoms with Gasteiger partial charge >= 0.3 is 5.97 Å². The van der Waals surface area contributed by atoms with Gasteiger partial charge in [-0.25, -0.2) is 4.79 Å². The van der Waals surface area contributed by atoms with Gasteiger partial charge < -0.3 is 13.9 Å². The number of aryl methyl sites for hydroxylation is 1. The highest BCUT2D eigenvalue weighted by molar-refractivity contribution is 6.10. The van der Waals surface area contributed by atoms with Crippen LogP contribution in [0.3, 0.4) is 0 Å². The van der Waals surface area contributed by atoms with Crippen molar-refractivity contribution in [2.75, 3.05) is 6.61 Å². The molecular weight excluding hydrogens is 476 g/mol. The van der Waals surface area contributed by atoms with Gasteiger partial charge in [-0.3, -0.25) is 4.79 Å². The van der Waals surface area contributed by atoms with Crippen LogP contribution >= 0.6 is 0 Å². The number of rotatable bonds is 8. The third-order valence-corrected chi connectivity index (χ3v) is 6.06. The van der Waals surface area contributed by atoms with Crippen molar-refractivity contribution in [3.05, 3.63) is 125 Å². The van der Waals surface area contributed by atoms with Crippen molar-refractivity contribution >= 4 is 28.8 Å². The molecule has 4 aromatic carbocycles. The zero-order chi connectivity index (χ0) is 26.5. The average Bonchev–Trinajstić information content (AvgIpc) is 3.33. The van der Waals surface area contributed by atoms with E-state index in [0.29, 0.717) is 46.0 Å². The van der Waals surface area contributed by atoms with Crippen molar-refractivity contribution < 1.29 is 23.5 Å². The van der Waals surface area contributed by atoms with Gasteiger partial charge in [0.1, 0.15) is 28.4 Å². The predicted molar refractivity (Wildman–Crippen MR) is 149 cm³/mol. The minimum Gasteiger partial charge on any atom is -0.494 e. The van der Waals surface area contributed by atoms with E-state index in [1.165, 1.54) is 6.08 Å². The Morgan fingerprint density at radius 2 is 1.55 bits per heavy atom. The third kappa shape index (κ3) is 5.42. The van der Waals surface area contributed by atoms with Gasteiger partial charge in [0, 0.05) is 16.5 Å². The first-order chi connectivity index (χ1) is 18.5. The van der Waals surface area contributed by atoms with Crippen LogP contribution in [0.1, 0.15) is 38.8 Å². The van der Waals surface area contributed by atoms with E-state index in [-0.39, 0.29) is 5.78 Å². The second kappa shape index (κ2) is 11.0. The van der Waals surface area contributed by atoms with Crippen molar-refractivity contribution in [2.24, 2.45) is 0 Å². The van der Waals surface area contributed by atoms with Crippen LogP contribution in [0.2, 0.25) is 0 Å². The molecule has 5 rings (SSSR count). The number of ketones is 1. The van der Waals surface area contributed by atoms with E-state index >= 15 is 0 Å². The molecule has 5 heteroatoms. The fourth-order valence-corrected chi connectivity index (χ4v) is 4.12. The van der Waals surface area contributed by atoms with Crippen molar-refractivity contribution in [3.8, 4) is 22.8 Å². The van der Waals surface area contributed by atoms with Crippen LogP contribution in [-0.2, 0) is 0 Å². The highest BCUT2D eigenvalue weighted by Crippen LogP contribution is 2.36. The van der Waals surface area contributed by atoms with E-state index in [2.05, 4.69) is 0 Å². The van der Waals surface area contributed by atoms with E-state index in [1.807, 2.05) is 74.5 Å². The minimum atomic E-state index is -0.561. The number of carbonyl (C=O) groups excluding carboxylic acids is 2. The van der Waals surface area contributed by atoms with Crippen LogP contribution in [0.25, 0.3) is 28.4 Å². The van der Waals surface area contributed by atoms with E-state index < -0.39 is 5.97 Å². The highest BCUT2D eigenvalue weighted by Gasteiger charge is 2.24. The first kappa shape index (κ1) is 24.8. The van der Waals surface area contributed by atoms with Crippen LogP contribution < -0.4 is 9.47 Å². The summed E-state index contributed by atoms with van der Waals surface area (Å²) in [5.41, 5.74) is 4.23. The van der Waals surface area contributed by atoms with Crippen molar-refractivity contribution in [3.63, 3.8) is 0 Å². The zero-order valence-electron chi connectivity index (χ0n) is 21.1. The van der Waals surface area contributed by atoms with Crippen LogP contribution in [-0.4, -0.2) is 18.4 Å². The van der Waals surface area contributed by atoms with E-state index in [0.717, 1.165) is 16.7 Å². The monoisotopic (exact) mass is 502 g/mol. The van der Waals surface area contributed by atoms with Gasteiger partial charge in [0.2, 0.25) is 0 Å². The largest absolute Gasteiger partial charge is 0.494 e. The van der Waals surface area contributed by atoms with Crippen LogP contribution in [0.4, 0.5) is 0 Å². The lowest BCUT2D eigenvalue weighted by molar-refractivity contribution is 0.0737. The number of ether oxygens (including phenoxy) is 2. The normalized spacial score (nSPS) is 11.1. The Bertz CT molecular complexity index is 1610. The molecule has 38 heavy (non-hydrogen) atoms. The first-order valence-electron chi connectivity index (χ1n) is 12.4. The molecule has 0 spiro atoms. The predicted octanol–water partition coefficient (Wildman–Crippen LogP) is 7.92. The summed E-state index contributed by atoms with van der Waals surface area (Å²) in [7, 11) is 0. The van der Waals surface area contributed by atoms with Gasteiger partial charge in [-0.05, 0) is 68.0 Å². The van der Waals surface area contributed by atoms with Gasteiger partial charge in [-0.15, -0.1) is 0 Å². The van der Waals surface area contributed by atoms with Crippen molar-refractivity contribution in [1.29, 1.82) is 0 Å². The lowest BCUT2D eigenvalue weighted by atomic mass is 10.1. The fourth-order valence-electron chi connectivity index (χ4n) is 4.12. The molecule has 0 aliphatic heterocycles. The molecule has 0 radical (unpaired) electrons. The number of benzene rings is 4. The Kier molecular flexibility index (Phi) is 7.18. The number of hydrogen-bond acceptors (Lipinski definition) is 5. The number of furan rings is 1. The summed E-state index contributed by atoms with van der Waals surface area (Å²) < 4.78 is 17.5. The van der Waals surface area contributed by atoms with E-state index in [9.17, 15) is 9.59 Å². The van der Waals surface area contributed by atoms with Crippen LogP contribution in [0, 0.1) is 6.92 Å². The van der Waals surface area contributed by atoms with E-state index in [1.54, 1.807) is 42.5 Å². The molecule has 5 nitrogen and oxygen atoms in total. The maximum absolute atomic E-state index is 13.5. The summed E-state index contributed by atoms with van der Waals surface area (Å²) in [5.74, 6) is 0.681. The molecule has 0 unspecified atom stereocenters. The lowest BCUT2D eigenvalue weighted by Crippen LogP contribution is -2.09. The number of carbonyl (C=O) groups is 2. The second-order valence-electron chi connectivity index (χ2n) is 8.79. The Hall–Kier alpha value is -4.90. The molecule has 0 bridgehead atoms. The summed E-state index contributed by atoms with van der Waals surface area (Å²) in [6.07, 6.45) is 3.31. The number of allylic oxidation sites excluding steroid dienone is 1. The Morgan fingerprint density at radius 1 is 0.842 bits per heavy atom. The summed E-state index contributed by atoms with van der Waals surface area (Å²) in [6, 6.07) is 29.2. The SMILES string of the molecule is CCOc1ccc2oc(-c3ccccc3)c(C(=O)Oc3ccc(C(=O)C=Cc4ccc(C)cc4)cc3)c2c1. The molecule has 0 amide bonds. The van der Waals surface area contributed by atoms with Crippen molar-refractivity contribution in [1.82, 2.24) is 0 Å². The summed E-state index contributed by atoms with van der Waals surface area (Å²) >= 11 is 0. The summed E-state index contributed by atoms with van der Waals surface area (Å²) in [5, 5.41) is 0.604.